The van der Waals surface area contributed by atoms with Crippen LogP contribution in [0.1, 0.15) is 16.7 Å². The van der Waals surface area contributed by atoms with Crippen LogP contribution in [0.15, 0.2) is 36.4 Å². The molecule has 0 amide bonds. The number of hydrogen-bond donors (Lipinski definition) is 0. The molecule has 0 aromatic heterocycles. The number of hydrogen-bond acceptors (Lipinski definition) is 3. The fourth-order valence-electron chi connectivity index (χ4n) is 1.90. The predicted molar refractivity (Wildman–Crippen MR) is 81.2 cm³/mol. The zero-order chi connectivity index (χ0) is 15.4. The molecule has 0 aliphatic heterocycles. The van der Waals surface area contributed by atoms with Gasteiger partial charge in [0.05, 0.1) is 4.92 Å². The largest absolute Gasteiger partial charge is 0.489 e. The lowest BCUT2D eigenvalue weighted by atomic mass is 10.1. The number of nitro groups is 1. The van der Waals surface area contributed by atoms with Crippen LogP contribution in [0.2, 0.25) is 0 Å². The summed E-state index contributed by atoms with van der Waals surface area (Å²) in [5.41, 5.74) is 2.39. The highest BCUT2D eigenvalue weighted by Gasteiger charge is 2.11. The Morgan fingerprint density at radius 2 is 2.00 bits per heavy atom. The van der Waals surface area contributed by atoms with E-state index in [0.29, 0.717) is 16.6 Å². The summed E-state index contributed by atoms with van der Waals surface area (Å²) >= 11 is 3.29. The summed E-state index contributed by atoms with van der Waals surface area (Å²) in [6.45, 7) is 2.09. The van der Waals surface area contributed by atoms with Gasteiger partial charge >= 0.3 is 0 Å². The van der Waals surface area contributed by atoms with E-state index in [4.69, 9.17) is 4.74 Å². The summed E-state index contributed by atoms with van der Waals surface area (Å²) in [7, 11) is 0. The number of aryl methyl sites for hydroxylation is 1. The topological polar surface area (TPSA) is 52.4 Å². The van der Waals surface area contributed by atoms with Gasteiger partial charge < -0.3 is 4.74 Å². The van der Waals surface area contributed by atoms with Gasteiger partial charge in [-0.3, -0.25) is 10.1 Å². The molecule has 110 valence electrons. The van der Waals surface area contributed by atoms with E-state index in [-0.39, 0.29) is 18.1 Å². The Hall–Kier alpha value is -1.95. The average molecular weight is 354 g/mol. The lowest BCUT2D eigenvalue weighted by Crippen LogP contribution is -2.01. The van der Waals surface area contributed by atoms with Crippen LogP contribution >= 0.6 is 15.9 Å². The minimum absolute atomic E-state index is 0.0229. The molecular formula is C15H13BrFNO3. The van der Waals surface area contributed by atoms with Crippen molar-refractivity contribution in [2.24, 2.45) is 0 Å². The number of rotatable bonds is 5. The van der Waals surface area contributed by atoms with Crippen molar-refractivity contribution in [1.29, 1.82) is 0 Å². The van der Waals surface area contributed by atoms with Gasteiger partial charge in [-0.2, -0.15) is 0 Å². The van der Waals surface area contributed by atoms with Gasteiger partial charge in [0.25, 0.3) is 5.69 Å². The predicted octanol–water partition coefficient (Wildman–Crippen LogP) is 4.52. The maximum atomic E-state index is 13.0. The van der Waals surface area contributed by atoms with E-state index in [1.165, 1.54) is 24.3 Å². The first-order valence-electron chi connectivity index (χ1n) is 6.22. The van der Waals surface area contributed by atoms with Gasteiger partial charge in [0, 0.05) is 23.0 Å². The standard InChI is InChI=1S/C15H13BrFNO3/c1-10-6-13(17)3-2-11(10)9-21-15-5-4-14(18(19)20)7-12(15)8-16/h2-7H,8-9H2,1H3. The lowest BCUT2D eigenvalue weighted by molar-refractivity contribution is -0.384. The molecule has 0 atom stereocenters. The van der Waals surface area contributed by atoms with Crippen molar-refractivity contribution in [2.45, 2.75) is 18.9 Å². The molecule has 2 rings (SSSR count). The van der Waals surface area contributed by atoms with E-state index in [1.54, 1.807) is 12.1 Å². The molecule has 0 aliphatic carbocycles. The molecule has 2 aromatic rings. The smallest absolute Gasteiger partial charge is 0.270 e. The van der Waals surface area contributed by atoms with Crippen LogP contribution in [0.3, 0.4) is 0 Å². The van der Waals surface area contributed by atoms with Crippen molar-refractivity contribution < 1.29 is 14.1 Å². The van der Waals surface area contributed by atoms with E-state index < -0.39 is 4.92 Å². The van der Waals surface area contributed by atoms with Gasteiger partial charge in [-0.25, -0.2) is 4.39 Å². The van der Waals surface area contributed by atoms with E-state index in [1.807, 2.05) is 6.92 Å². The highest BCUT2D eigenvalue weighted by Crippen LogP contribution is 2.27. The second kappa shape index (κ2) is 6.67. The molecule has 0 heterocycles. The first-order valence-corrected chi connectivity index (χ1v) is 7.34. The second-order valence-corrected chi connectivity index (χ2v) is 5.10. The molecule has 0 fully saturated rings. The summed E-state index contributed by atoms with van der Waals surface area (Å²) in [6.07, 6.45) is 0. The molecule has 0 spiro atoms. The van der Waals surface area contributed by atoms with Crippen LogP contribution in [-0.4, -0.2) is 4.92 Å². The van der Waals surface area contributed by atoms with Crippen molar-refractivity contribution in [3.63, 3.8) is 0 Å². The summed E-state index contributed by atoms with van der Waals surface area (Å²) in [5.74, 6) is 0.286. The summed E-state index contributed by atoms with van der Waals surface area (Å²) < 4.78 is 18.7. The van der Waals surface area contributed by atoms with Crippen LogP contribution in [-0.2, 0) is 11.9 Å². The minimum atomic E-state index is -0.444. The number of halogens is 2. The number of ether oxygens (including phenoxy) is 1. The Kier molecular flexibility index (Phi) is 4.90. The minimum Gasteiger partial charge on any atom is -0.489 e. The molecule has 0 saturated heterocycles. The van der Waals surface area contributed by atoms with Crippen molar-refractivity contribution in [3.8, 4) is 5.75 Å². The van der Waals surface area contributed by atoms with Gasteiger partial charge in [-0.15, -0.1) is 0 Å². The summed E-state index contributed by atoms with van der Waals surface area (Å²) in [4.78, 5) is 10.3. The molecule has 4 nitrogen and oxygen atoms in total. The maximum Gasteiger partial charge on any atom is 0.270 e. The van der Waals surface area contributed by atoms with E-state index in [9.17, 15) is 14.5 Å². The van der Waals surface area contributed by atoms with Gasteiger partial charge in [-0.05, 0) is 36.2 Å². The Morgan fingerprint density at radius 3 is 2.62 bits per heavy atom. The van der Waals surface area contributed by atoms with Crippen LogP contribution in [0.4, 0.5) is 10.1 Å². The molecule has 6 heteroatoms. The van der Waals surface area contributed by atoms with Crippen molar-refractivity contribution in [1.82, 2.24) is 0 Å². The molecule has 21 heavy (non-hydrogen) atoms. The third kappa shape index (κ3) is 3.78. The molecule has 0 unspecified atom stereocenters. The SMILES string of the molecule is Cc1cc(F)ccc1COc1ccc([N+](=O)[O-])cc1CBr. The summed E-state index contributed by atoms with van der Waals surface area (Å²) in [5, 5.41) is 11.2. The molecule has 0 N–H and O–H groups in total. The molecule has 2 aromatic carbocycles. The normalized spacial score (nSPS) is 10.4. The fraction of sp³-hybridized carbons (Fsp3) is 0.200. The quantitative estimate of drug-likeness (QED) is 0.451. The number of alkyl halides is 1. The molecule has 0 bridgehead atoms. The number of nitrogens with zero attached hydrogens (tertiary/aromatic N) is 1. The monoisotopic (exact) mass is 353 g/mol. The average Bonchev–Trinajstić information content (AvgIpc) is 2.46. The van der Waals surface area contributed by atoms with Gasteiger partial charge in [0.15, 0.2) is 0 Å². The summed E-state index contributed by atoms with van der Waals surface area (Å²) in [6, 6.07) is 8.95. The van der Waals surface area contributed by atoms with Gasteiger partial charge in [-0.1, -0.05) is 22.0 Å². The van der Waals surface area contributed by atoms with Gasteiger partial charge in [0.2, 0.25) is 0 Å². The lowest BCUT2D eigenvalue weighted by Gasteiger charge is -2.11. The van der Waals surface area contributed by atoms with Crippen molar-refractivity contribution in [3.05, 3.63) is 69.0 Å². The van der Waals surface area contributed by atoms with Crippen LogP contribution in [0.25, 0.3) is 0 Å². The number of non-ortho nitro benzene ring substituents is 1. The molecule has 0 aliphatic rings. The van der Waals surface area contributed by atoms with Crippen LogP contribution in [0.5, 0.6) is 5.75 Å². The Balaban J connectivity index is 2.17. The van der Waals surface area contributed by atoms with E-state index in [0.717, 1.165) is 11.1 Å². The molecular weight excluding hydrogens is 341 g/mol. The van der Waals surface area contributed by atoms with Gasteiger partial charge in [0.1, 0.15) is 18.2 Å². The highest BCUT2D eigenvalue weighted by atomic mass is 79.9. The Bertz CT molecular complexity index is 676. The molecule has 0 saturated carbocycles. The highest BCUT2D eigenvalue weighted by molar-refractivity contribution is 9.08. The Labute approximate surface area is 129 Å². The number of nitro benzene ring substituents is 1. The van der Waals surface area contributed by atoms with E-state index >= 15 is 0 Å². The molecule has 0 radical (unpaired) electrons. The third-order valence-electron chi connectivity index (χ3n) is 3.09. The fourth-order valence-corrected chi connectivity index (χ4v) is 2.34. The van der Waals surface area contributed by atoms with Crippen molar-refractivity contribution in [2.75, 3.05) is 0 Å². The number of benzene rings is 2. The zero-order valence-electron chi connectivity index (χ0n) is 11.3. The van der Waals surface area contributed by atoms with Crippen LogP contribution < -0.4 is 4.74 Å². The van der Waals surface area contributed by atoms with Crippen LogP contribution in [0, 0.1) is 22.9 Å². The first kappa shape index (κ1) is 15.4. The Morgan fingerprint density at radius 1 is 1.24 bits per heavy atom. The zero-order valence-corrected chi connectivity index (χ0v) is 12.9. The first-order chi connectivity index (χ1) is 10.0. The maximum absolute atomic E-state index is 13.0. The second-order valence-electron chi connectivity index (χ2n) is 4.54. The third-order valence-corrected chi connectivity index (χ3v) is 3.69. The van der Waals surface area contributed by atoms with E-state index in [2.05, 4.69) is 15.9 Å². The van der Waals surface area contributed by atoms with Crippen molar-refractivity contribution >= 4 is 21.6 Å².